The molecule has 1 saturated heterocycles. The maximum Gasteiger partial charge on any atom is 0.242 e. The minimum atomic E-state index is -1.10. The van der Waals surface area contributed by atoms with Gasteiger partial charge in [0, 0.05) is 5.03 Å². The second-order valence-electron chi connectivity index (χ2n) is 3.67. The number of allylic oxidation sites excluding steroid dienone is 2. The molecule has 1 aliphatic rings. The normalized spacial score (nSPS) is 20.4. The molecule has 0 aromatic rings. The molecule has 0 aromatic carbocycles. The minimum absolute atomic E-state index is 0.0608. The van der Waals surface area contributed by atoms with Gasteiger partial charge in [0.1, 0.15) is 5.41 Å². The lowest BCUT2D eigenvalue weighted by Gasteiger charge is -2.33. The van der Waals surface area contributed by atoms with Crippen molar-refractivity contribution in [2.24, 2.45) is 5.41 Å². The molecule has 0 saturated carbocycles. The fourth-order valence-corrected chi connectivity index (χ4v) is 1.81. The SMILES string of the molecule is CCC1(CC=C(C)Cl)C(=O)NC(=S)NC1=O. The fourth-order valence-electron chi connectivity index (χ4n) is 1.55. The van der Waals surface area contributed by atoms with Gasteiger partial charge < -0.3 is 10.6 Å². The first-order valence-electron chi connectivity index (χ1n) is 4.91. The maximum atomic E-state index is 11.8. The average molecular weight is 261 g/mol. The quantitative estimate of drug-likeness (QED) is 0.596. The van der Waals surface area contributed by atoms with Crippen LogP contribution in [0, 0.1) is 5.41 Å². The molecule has 1 rings (SSSR count). The van der Waals surface area contributed by atoms with E-state index in [0.717, 1.165) is 0 Å². The molecule has 0 aromatic heterocycles. The monoisotopic (exact) mass is 260 g/mol. The molecule has 88 valence electrons. The lowest BCUT2D eigenvalue weighted by molar-refractivity contribution is -0.143. The first kappa shape index (κ1) is 13.1. The van der Waals surface area contributed by atoms with E-state index in [9.17, 15) is 9.59 Å². The van der Waals surface area contributed by atoms with Gasteiger partial charge in [0.25, 0.3) is 0 Å². The van der Waals surface area contributed by atoms with Crippen LogP contribution in [0.5, 0.6) is 0 Å². The van der Waals surface area contributed by atoms with Crippen molar-refractivity contribution in [2.45, 2.75) is 26.7 Å². The van der Waals surface area contributed by atoms with Crippen molar-refractivity contribution < 1.29 is 9.59 Å². The third-order valence-corrected chi connectivity index (χ3v) is 3.02. The van der Waals surface area contributed by atoms with E-state index in [2.05, 4.69) is 10.6 Å². The van der Waals surface area contributed by atoms with Crippen LogP contribution in [0.15, 0.2) is 11.1 Å². The van der Waals surface area contributed by atoms with E-state index < -0.39 is 5.41 Å². The Morgan fingerprint density at radius 3 is 2.31 bits per heavy atom. The highest BCUT2D eigenvalue weighted by atomic mass is 35.5. The zero-order valence-corrected chi connectivity index (χ0v) is 10.7. The second-order valence-corrected chi connectivity index (χ2v) is 4.67. The van der Waals surface area contributed by atoms with Crippen molar-refractivity contribution in [2.75, 3.05) is 0 Å². The van der Waals surface area contributed by atoms with Gasteiger partial charge in [-0.15, -0.1) is 0 Å². The van der Waals surface area contributed by atoms with Crippen LogP contribution in [0.25, 0.3) is 0 Å². The lowest BCUT2D eigenvalue weighted by atomic mass is 9.78. The number of halogens is 1. The summed E-state index contributed by atoms with van der Waals surface area (Å²) in [6.07, 6.45) is 2.34. The van der Waals surface area contributed by atoms with Crippen molar-refractivity contribution in [3.8, 4) is 0 Å². The predicted molar refractivity (Wildman–Crippen MR) is 65.8 cm³/mol. The average Bonchev–Trinajstić information content (AvgIpc) is 2.17. The topological polar surface area (TPSA) is 58.2 Å². The highest BCUT2D eigenvalue weighted by Crippen LogP contribution is 2.30. The third kappa shape index (κ3) is 2.41. The summed E-state index contributed by atoms with van der Waals surface area (Å²) in [5.74, 6) is -0.726. The smallest absolute Gasteiger partial charge is 0.242 e. The highest BCUT2D eigenvalue weighted by Gasteiger charge is 2.46. The summed E-state index contributed by atoms with van der Waals surface area (Å²) < 4.78 is 0. The van der Waals surface area contributed by atoms with Gasteiger partial charge in [-0.2, -0.15) is 0 Å². The van der Waals surface area contributed by atoms with Gasteiger partial charge in [0.2, 0.25) is 11.8 Å². The van der Waals surface area contributed by atoms with E-state index in [-0.39, 0.29) is 23.3 Å². The Bertz CT molecular complexity index is 355. The standard InChI is InChI=1S/C10H13ClN2O2S/c1-3-10(5-4-6(2)11)7(14)12-9(16)13-8(10)15/h4H,3,5H2,1-2H3,(H2,12,13,14,15,16). The van der Waals surface area contributed by atoms with Crippen LogP contribution in [-0.4, -0.2) is 16.9 Å². The van der Waals surface area contributed by atoms with Gasteiger partial charge in [0.15, 0.2) is 5.11 Å². The zero-order valence-electron chi connectivity index (χ0n) is 9.09. The first-order chi connectivity index (χ1) is 7.42. The molecule has 0 unspecified atom stereocenters. The van der Waals surface area contributed by atoms with Crippen molar-refractivity contribution in [3.05, 3.63) is 11.1 Å². The summed E-state index contributed by atoms with van der Waals surface area (Å²) in [6.45, 7) is 3.49. The van der Waals surface area contributed by atoms with E-state index in [1.54, 1.807) is 19.9 Å². The van der Waals surface area contributed by atoms with E-state index in [1.165, 1.54) is 0 Å². The molecule has 0 radical (unpaired) electrons. The van der Waals surface area contributed by atoms with Gasteiger partial charge in [0.05, 0.1) is 0 Å². The third-order valence-electron chi connectivity index (χ3n) is 2.66. The number of nitrogens with one attached hydrogen (secondary N) is 2. The molecule has 2 amide bonds. The number of hydrogen-bond donors (Lipinski definition) is 2. The Balaban J connectivity index is 3.01. The van der Waals surface area contributed by atoms with Crippen LogP contribution < -0.4 is 10.6 Å². The number of rotatable bonds is 3. The molecular formula is C10H13ClN2O2S. The Hall–Kier alpha value is -0.940. The zero-order chi connectivity index (χ0) is 12.3. The first-order valence-corrected chi connectivity index (χ1v) is 5.70. The predicted octanol–water partition coefficient (Wildman–Crippen LogP) is 1.45. The van der Waals surface area contributed by atoms with Crippen LogP contribution in [0.4, 0.5) is 0 Å². The molecule has 4 nitrogen and oxygen atoms in total. The maximum absolute atomic E-state index is 11.8. The van der Waals surface area contributed by atoms with Gasteiger partial charge >= 0.3 is 0 Å². The summed E-state index contributed by atoms with van der Waals surface area (Å²) in [5, 5.41) is 5.54. The highest BCUT2D eigenvalue weighted by molar-refractivity contribution is 7.80. The van der Waals surface area contributed by atoms with E-state index >= 15 is 0 Å². The number of hydrogen-bond acceptors (Lipinski definition) is 3. The molecule has 2 N–H and O–H groups in total. The molecule has 1 fully saturated rings. The van der Waals surface area contributed by atoms with Gasteiger partial charge in [-0.05, 0) is 32.0 Å². The van der Waals surface area contributed by atoms with E-state index in [1.807, 2.05) is 0 Å². The van der Waals surface area contributed by atoms with Crippen molar-refractivity contribution in [1.82, 2.24) is 10.6 Å². The Kier molecular flexibility index (Phi) is 4.04. The number of carbonyl (C=O) groups is 2. The molecule has 0 bridgehead atoms. The van der Waals surface area contributed by atoms with Crippen LogP contribution in [0.1, 0.15) is 26.7 Å². The molecule has 0 spiro atoms. The van der Waals surface area contributed by atoms with Crippen molar-refractivity contribution in [1.29, 1.82) is 0 Å². The van der Waals surface area contributed by atoms with Crippen LogP contribution in [-0.2, 0) is 9.59 Å². The van der Waals surface area contributed by atoms with Gasteiger partial charge in [-0.1, -0.05) is 24.6 Å². The Morgan fingerprint density at radius 1 is 1.44 bits per heavy atom. The molecule has 16 heavy (non-hydrogen) atoms. The summed E-state index contributed by atoms with van der Waals surface area (Å²) >= 11 is 10.5. The Labute approximate surface area is 104 Å². The summed E-state index contributed by atoms with van der Waals surface area (Å²) in [5.41, 5.74) is -1.10. The summed E-state index contributed by atoms with van der Waals surface area (Å²) in [7, 11) is 0. The summed E-state index contributed by atoms with van der Waals surface area (Å²) in [4.78, 5) is 23.7. The molecular weight excluding hydrogens is 248 g/mol. The second kappa shape index (κ2) is 4.93. The molecule has 1 heterocycles. The summed E-state index contributed by atoms with van der Waals surface area (Å²) in [6, 6.07) is 0. The number of thiocarbonyl (C=S) groups is 1. The lowest BCUT2D eigenvalue weighted by Crippen LogP contribution is -2.61. The van der Waals surface area contributed by atoms with Gasteiger partial charge in [-0.3, -0.25) is 9.59 Å². The molecule has 6 heteroatoms. The van der Waals surface area contributed by atoms with Crippen LogP contribution in [0.2, 0.25) is 0 Å². The van der Waals surface area contributed by atoms with E-state index in [4.69, 9.17) is 23.8 Å². The van der Waals surface area contributed by atoms with E-state index in [0.29, 0.717) is 11.5 Å². The number of amides is 2. The minimum Gasteiger partial charge on any atom is -0.302 e. The largest absolute Gasteiger partial charge is 0.302 e. The van der Waals surface area contributed by atoms with Crippen molar-refractivity contribution >= 4 is 40.7 Å². The van der Waals surface area contributed by atoms with Crippen LogP contribution in [0.3, 0.4) is 0 Å². The number of carbonyl (C=O) groups excluding carboxylic acids is 2. The van der Waals surface area contributed by atoms with Crippen LogP contribution >= 0.6 is 23.8 Å². The fraction of sp³-hybridized carbons (Fsp3) is 0.500. The molecule has 0 atom stereocenters. The molecule has 1 aliphatic heterocycles. The van der Waals surface area contributed by atoms with Crippen molar-refractivity contribution in [3.63, 3.8) is 0 Å². The van der Waals surface area contributed by atoms with Gasteiger partial charge in [-0.25, -0.2) is 0 Å². The Morgan fingerprint density at radius 2 is 1.94 bits per heavy atom. The molecule has 0 aliphatic carbocycles.